The highest BCUT2D eigenvalue weighted by atomic mass is 16.7. The van der Waals surface area contributed by atoms with Crippen LogP contribution in [0.4, 0.5) is 5.69 Å². The average Bonchev–Trinajstić information content (AvgIpc) is 3.44. The highest BCUT2D eigenvalue weighted by molar-refractivity contribution is 6.07. The molecule has 9 heteroatoms. The summed E-state index contributed by atoms with van der Waals surface area (Å²) >= 11 is 0. The van der Waals surface area contributed by atoms with Gasteiger partial charge in [-0.15, -0.1) is 0 Å². The normalized spacial score (nSPS) is 21.1. The molecule has 1 saturated heterocycles. The molecule has 3 aliphatic heterocycles. The van der Waals surface area contributed by atoms with E-state index >= 15 is 0 Å². The lowest BCUT2D eigenvalue weighted by atomic mass is 10.1. The molecule has 0 aromatic heterocycles. The molecule has 9 nitrogen and oxygen atoms in total. The number of benzene rings is 2. The highest BCUT2D eigenvalue weighted by Crippen LogP contribution is 2.40. The Morgan fingerprint density at radius 1 is 1.10 bits per heavy atom. The van der Waals surface area contributed by atoms with Crippen LogP contribution in [-0.2, 0) is 14.3 Å². The number of hydrogen-bond acceptors (Lipinski definition) is 7. The molecule has 1 fully saturated rings. The van der Waals surface area contributed by atoms with Crippen LogP contribution >= 0.6 is 0 Å². The molecule has 1 N–H and O–H groups in total. The molecule has 31 heavy (non-hydrogen) atoms. The van der Waals surface area contributed by atoms with Gasteiger partial charge < -0.3 is 19.5 Å². The van der Waals surface area contributed by atoms with E-state index in [1.807, 2.05) is 0 Å². The molecular formula is C22H18N2O7. The molecular weight excluding hydrogens is 404 g/mol. The van der Waals surface area contributed by atoms with E-state index in [4.69, 9.17) is 14.2 Å². The van der Waals surface area contributed by atoms with Crippen molar-refractivity contribution < 1.29 is 33.4 Å². The summed E-state index contributed by atoms with van der Waals surface area (Å²) in [6, 6.07) is 8.98. The number of carbonyl (C=O) groups is 4. The van der Waals surface area contributed by atoms with Crippen LogP contribution in [0.1, 0.15) is 52.3 Å². The first-order valence-corrected chi connectivity index (χ1v) is 9.80. The molecule has 2 aromatic carbocycles. The van der Waals surface area contributed by atoms with Crippen molar-refractivity contribution in [2.45, 2.75) is 32.0 Å². The van der Waals surface area contributed by atoms with Gasteiger partial charge in [0.25, 0.3) is 0 Å². The van der Waals surface area contributed by atoms with Crippen LogP contribution in [-0.4, -0.2) is 41.3 Å². The molecule has 0 aliphatic carbocycles. The maximum atomic E-state index is 13.2. The van der Waals surface area contributed by atoms with Gasteiger partial charge in [0.05, 0.1) is 11.3 Å². The van der Waals surface area contributed by atoms with Gasteiger partial charge in [0.1, 0.15) is 6.04 Å². The molecule has 0 bridgehead atoms. The van der Waals surface area contributed by atoms with Crippen LogP contribution < -0.4 is 14.8 Å². The summed E-state index contributed by atoms with van der Waals surface area (Å²) in [5, 5.41) is 2.74. The molecule has 2 amide bonds. The number of rotatable bonds is 4. The van der Waals surface area contributed by atoms with Crippen molar-refractivity contribution in [3.63, 3.8) is 0 Å². The van der Waals surface area contributed by atoms with Gasteiger partial charge in [-0.2, -0.15) is 0 Å². The first kappa shape index (κ1) is 19.1. The monoisotopic (exact) mass is 422 g/mol. The molecule has 2 aromatic rings. The fourth-order valence-corrected chi connectivity index (χ4v) is 4.14. The van der Waals surface area contributed by atoms with Crippen LogP contribution in [0.2, 0.25) is 0 Å². The topological polar surface area (TPSA) is 111 Å². The van der Waals surface area contributed by atoms with Gasteiger partial charge in [-0.1, -0.05) is 18.2 Å². The van der Waals surface area contributed by atoms with E-state index in [2.05, 4.69) is 5.32 Å². The maximum Gasteiger partial charge on any atom is 0.340 e. The number of carbonyl (C=O) groups excluding carboxylic acids is 4. The average molecular weight is 422 g/mol. The lowest BCUT2D eigenvalue weighted by Crippen LogP contribution is -2.44. The van der Waals surface area contributed by atoms with E-state index in [0.29, 0.717) is 22.6 Å². The number of nitrogens with zero attached hydrogens (tertiary/aromatic N) is 1. The Morgan fingerprint density at radius 3 is 2.61 bits per heavy atom. The number of Topliss-reactive ketones (excluding diaryl/α,β-unsaturated/α-hetero) is 1. The van der Waals surface area contributed by atoms with E-state index in [-0.39, 0.29) is 42.6 Å². The molecule has 0 spiro atoms. The van der Waals surface area contributed by atoms with Gasteiger partial charge in [0.15, 0.2) is 17.3 Å². The number of esters is 1. The molecule has 0 radical (unpaired) electrons. The number of ketones is 1. The number of anilines is 1. The third-order valence-electron chi connectivity index (χ3n) is 5.63. The fourth-order valence-electron chi connectivity index (χ4n) is 4.14. The summed E-state index contributed by atoms with van der Waals surface area (Å²) in [6.45, 7) is 1.41. The standard InChI is InChI=1S/C22H18N2O7/c1-11(25)14-8-17-18(30-10-29-17)9-15(14)23-20(27)16-6-7-19(26)24(16)21-12-4-2-3-5-13(12)22(28)31-21/h2-5,8-9,16,21H,6-7,10H2,1H3,(H,23,27)/t16-,21?/m0/s1. The van der Waals surface area contributed by atoms with Crippen molar-refractivity contribution in [2.24, 2.45) is 0 Å². The largest absolute Gasteiger partial charge is 0.454 e. The maximum absolute atomic E-state index is 13.2. The summed E-state index contributed by atoms with van der Waals surface area (Å²) in [5.41, 5.74) is 1.46. The number of nitrogens with one attached hydrogen (secondary N) is 1. The van der Waals surface area contributed by atoms with Gasteiger partial charge in [0, 0.05) is 23.6 Å². The van der Waals surface area contributed by atoms with E-state index in [9.17, 15) is 19.2 Å². The van der Waals surface area contributed by atoms with Crippen LogP contribution in [0, 0.1) is 0 Å². The smallest absolute Gasteiger partial charge is 0.340 e. The molecule has 158 valence electrons. The summed E-state index contributed by atoms with van der Waals surface area (Å²) in [4.78, 5) is 51.4. The molecule has 3 aliphatic rings. The van der Waals surface area contributed by atoms with E-state index in [1.165, 1.54) is 24.0 Å². The fraction of sp³-hybridized carbons (Fsp3) is 0.273. The number of hydrogen-bond donors (Lipinski definition) is 1. The van der Waals surface area contributed by atoms with Crippen molar-refractivity contribution in [3.8, 4) is 11.5 Å². The highest BCUT2D eigenvalue weighted by Gasteiger charge is 2.46. The first-order chi connectivity index (χ1) is 14.9. The predicted molar refractivity (Wildman–Crippen MR) is 106 cm³/mol. The van der Waals surface area contributed by atoms with Gasteiger partial charge in [-0.05, 0) is 25.5 Å². The first-order valence-electron chi connectivity index (χ1n) is 9.80. The number of ether oxygens (including phenoxy) is 3. The summed E-state index contributed by atoms with van der Waals surface area (Å²) < 4.78 is 16.1. The number of likely N-dealkylation sites (tertiary alicyclic amines) is 1. The molecule has 5 rings (SSSR count). The van der Waals surface area contributed by atoms with Gasteiger partial charge in [-0.25, -0.2) is 4.79 Å². The van der Waals surface area contributed by atoms with Crippen LogP contribution in [0.25, 0.3) is 0 Å². The minimum absolute atomic E-state index is 0.0292. The Kier molecular flexibility index (Phi) is 4.39. The zero-order valence-corrected chi connectivity index (χ0v) is 16.5. The second-order valence-electron chi connectivity index (χ2n) is 7.50. The van der Waals surface area contributed by atoms with Crippen molar-refractivity contribution in [3.05, 3.63) is 53.1 Å². The number of cyclic esters (lactones) is 1. The third-order valence-corrected chi connectivity index (χ3v) is 5.63. The van der Waals surface area contributed by atoms with Crippen molar-refractivity contribution >= 4 is 29.3 Å². The predicted octanol–water partition coefficient (Wildman–Crippen LogP) is 2.42. The van der Waals surface area contributed by atoms with E-state index in [1.54, 1.807) is 24.3 Å². The Labute approximate surface area is 176 Å². The van der Waals surface area contributed by atoms with Crippen LogP contribution in [0.3, 0.4) is 0 Å². The zero-order chi connectivity index (χ0) is 21.7. The lowest BCUT2D eigenvalue weighted by Gasteiger charge is -2.29. The Morgan fingerprint density at radius 2 is 1.84 bits per heavy atom. The molecule has 1 unspecified atom stereocenters. The van der Waals surface area contributed by atoms with Gasteiger partial charge in [0.2, 0.25) is 24.8 Å². The minimum Gasteiger partial charge on any atom is -0.454 e. The summed E-state index contributed by atoms with van der Waals surface area (Å²) in [6.07, 6.45) is -0.547. The number of amides is 2. The Hall–Kier alpha value is -3.88. The summed E-state index contributed by atoms with van der Waals surface area (Å²) in [5.74, 6) is -0.714. The lowest BCUT2D eigenvalue weighted by molar-refractivity contribution is -0.144. The molecule has 0 saturated carbocycles. The van der Waals surface area contributed by atoms with Crippen LogP contribution in [0.5, 0.6) is 11.5 Å². The van der Waals surface area contributed by atoms with Crippen molar-refractivity contribution in [1.29, 1.82) is 0 Å². The molecule has 3 heterocycles. The quantitative estimate of drug-likeness (QED) is 0.595. The van der Waals surface area contributed by atoms with Gasteiger partial charge in [-0.3, -0.25) is 19.3 Å². The Bertz CT molecular complexity index is 1140. The Balaban J connectivity index is 1.44. The van der Waals surface area contributed by atoms with Crippen LogP contribution in [0.15, 0.2) is 36.4 Å². The van der Waals surface area contributed by atoms with Crippen molar-refractivity contribution in [1.82, 2.24) is 4.90 Å². The van der Waals surface area contributed by atoms with Crippen molar-refractivity contribution in [2.75, 3.05) is 12.1 Å². The van der Waals surface area contributed by atoms with Gasteiger partial charge >= 0.3 is 5.97 Å². The minimum atomic E-state index is -0.960. The third kappa shape index (κ3) is 3.09. The second kappa shape index (κ2) is 7.12. The number of fused-ring (bicyclic) bond motifs is 2. The summed E-state index contributed by atoms with van der Waals surface area (Å²) in [7, 11) is 0. The molecule has 2 atom stereocenters. The SMILES string of the molecule is CC(=O)c1cc2c(cc1NC(=O)[C@@H]1CCC(=O)N1C1OC(=O)c3ccccc31)OCO2. The van der Waals surface area contributed by atoms with E-state index < -0.39 is 24.1 Å². The van der Waals surface area contributed by atoms with E-state index in [0.717, 1.165) is 0 Å². The second-order valence-corrected chi connectivity index (χ2v) is 7.50. The zero-order valence-electron chi connectivity index (χ0n) is 16.5.